The molecule has 1 heterocycles. The Labute approximate surface area is 105 Å². The number of benzene rings is 1. The van der Waals surface area contributed by atoms with E-state index in [4.69, 9.17) is 15.2 Å². The molecular formula is C13H15NO2S. The standard InChI is InChI=1S/C13H15NO2S/c1-15-9-5-6-10(11(8-9)16-2)13(14)12-4-3-7-17-12/h3-8,13H,14H2,1-2H3/t13-/m0/s1. The van der Waals surface area contributed by atoms with Crippen molar-refractivity contribution in [2.75, 3.05) is 14.2 Å². The van der Waals surface area contributed by atoms with Gasteiger partial charge < -0.3 is 15.2 Å². The van der Waals surface area contributed by atoms with Crippen molar-refractivity contribution in [2.45, 2.75) is 6.04 Å². The first-order chi connectivity index (χ1) is 8.26. The van der Waals surface area contributed by atoms with E-state index in [0.29, 0.717) is 0 Å². The Balaban J connectivity index is 2.38. The van der Waals surface area contributed by atoms with Crippen LogP contribution in [0.15, 0.2) is 35.7 Å². The minimum absolute atomic E-state index is 0.157. The first-order valence-corrected chi connectivity index (χ1v) is 6.15. The lowest BCUT2D eigenvalue weighted by Crippen LogP contribution is -2.11. The van der Waals surface area contributed by atoms with Gasteiger partial charge in [-0.25, -0.2) is 0 Å². The van der Waals surface area contributed by atoms with E-state index >= 15 is 0 Å². The first kappa shape index (κ1) is 12.0. The molecule has 0 fully saturated rings. The zero-order valence-corrected chi connectivity index (χ0v) is 10.7. The minimum Gasteiger partial charge on any atom is -0.497 e. The second-order valence-corrected chi connectivity index (χ2v) is 4.58. The molecule has 0 unspecified atom stereocenters. The quantitative estimate of drug-likeness (QED) is 0.906. The zero-order chi connectivity index (χ0) is 12.3. The molecule has 2 N–H and O–H groups in total. The van der Waals surface area contributed by atoms with Crippen LogP contribution in [0.3, 0.4) is 0 Å². The summed E-state index contributed by atoms with van der Waals surface area (Å²) in [7, 11) is 3.27. The fourth-order valence-corrected chi connectivity index (χ4v) is 2.44. The third kappa shape index (κ3) is 2.43. The van der Waals surface area contributed by atoms with E-state index in [1.54, 1.807) is 25.6 Å². The molecule has 0 radical (unpaired) electrons. The highest BCUT2D eigenvalue weighted by Crippen LogP contribution is 2.33. The first-order valence-electron chi connectivity index (χ1n) is 5.27. The highest BCUT2D eigenvalue weighted by Gasteiger charge is 2.15. The average molecular weight is 249 g/mol. The number of hydrogen-bond donors (Lipinski definition) is 1. The molecule has 4 heteroatoms. The van der Waals surface area contributed by atoms with Crippen LogP contribution in [0.5, 0.6) is 11.5 Å². The molecule has 1 aromatic heterocycles. The van der Waals surface area contributed by atoms with Crippen LogP contribution >= 0.6 is 11.3 Å². The lowest BCUT2D eigenvalue weighted by Gasteiger charge is -2.15. The number of hydrogen-bond acceptors (Lipinski definition) is 4. The molecule has 1 atom stereocenters. The second kappa shape index (κ2) is 5.21. The van der Waals surface area contributed by atoms with E-state index in [-0.39, 0.29) is 6.04 Å². The van der Waals surface area contributed by atoms with Gasteiger partial charge in [-0.3, -0.25) is 0 Å². The van der Waals surface area contributed by atoms with Gasteiger partial charge >= 0.3 is 0 Å². The number of thiophene rings is 1. The van der Waals surface area contributed by atoms with Crippen molar-refractivity contribution in [3.8, 4) is 11.5 Å². The molecule has 0 aliphatic heterocycles. The molecule has 0 bridgehead atoms. The van der Waals surface area contributed by atoms with Gasteiger partial charge in [0.2, 0.25) is 0 Å². The minimum atomic E-state index is -0.157. The molecule has 1 aromatic carbocycles. The highest BCUT2D eigenvalue weighted by molar-refractivity contribution is 7.10. The Morgan fingerprint density at radius 3 is 2.59 bits per heavy atom. The lowest BCUT2D eigenvalue weighted by molar-refractivity contribution is 0.390. The molecule has 3 nitrogen and oxygen atoms in total. The Kier molecular flexibility index (Phi) is 3.66. The predicted molar refractivity (Wildman–Crippen MR) is 69.9 cm³/mol. The molecule has 0 saturated carbocycles. The van der Waals surface area contributed by atoms with Crippen LogP contribution in [0.25, 0.3) is 0 Å². The monoisotopic (exact) mass is 249 g/mol. The van der Waals surface area contributed by atoms with E-state index in [1.807, 2.05) is 35.7 Å². The van der Waals surface area contributed by atoms with Crippen molar-refractivity contribution < 1.29 is 9.47 Å². The number of ether oxygens (including phenoxy) is 2. The van der Waals surface area contributed by atoms with Gasteiger partial charge in [0.1, 0.15) is 11.5 Å². The molecule has 90 valence electrons. The summed E-state index contributed by atoms with van der Waals surface area (Å²) < 4.78 is 10.5. The second-order valence-electron chi connectivity index (χ2n) is 3.60. The highest BCUT2D eigenvalue weighted by atomic mass is 32.1. The van der Waals surface area contributed by atoms with Gasteiger partial charge in [-0.15, -0.1) is 11.3 Å². The predicted octanol–water partition coefficient (Wildman–Crippen LogP) is 2.81. The van der Waals surface area contributed by atoms with Crippen LogP contribution in [-0.4, -0.2) is 14.2 Å². The van der Waals surface area contributed by atoms with Crippen LogP contribution in [0.2, 0.25) is 0 Å². The molecule has 0 amide bonds. The number of methoxy groups -OCH3 is 2. The van der Waals surface area contributed by atoms with Crippen LogP contribution < -0.4 is 15.2 Å². The lowest BCUT2D eigenvalue weighted by atomic mass is 10.0. The Bertz CT molecular complexity index is 482. The largest absolute Gasteiger partial charge is 0.497 e. The Hall–Kier alpha value is -1.52. The van der Waals surface area contributed by atoms with E-state index in [1.165, 1.54) is 0 Å². The molecule has 2 aromatic rings. The fourth-order valence-electron chi connectivity index (χ4n) is 1.70. The summed E-state index contributed by atoms with van der Waals surface area (Å²) in [5.74, 6) is 1.52. The van der Waals surface area contributed by atoms with Gasteiger partial charge in [0.25, 0.3) is 0 Å². The van der Waals surface area contributed by atoms with Crippen LogP contribution in [0.4, 0.5) is 0 Å². The summed E-state index contributed by atoms with van der Waals surface area (Å²) in [6.45, 7) is 0. The van der Waals surface area contributed by atoms with Crippen LogP contribution in [-0.2, 0) is 0 Å². The Morgan fingerprint density at radius 2 is 2.00 bits per heavy atom. The molecule has 2 rings (SSSR count). The summed E-state index contributed by atoms with van der Waals surface area (Å²) in [5.41, 5.74) is 7.19. The molecular weight excluding hydrogens is 234 g/mol. The molecule has 0 spiro atoms. The maximum atomic E-state index is 6.22. The molecule has 0 aliphatic carbocycles. The normalized spacial score (nSPS) is 12.2. The average Bonchev–Trinajstić information content (AvgIpc) is 2.91. The van der Waals surface area contributed by atoms with Crippen molar-refractivity contribution in [1.29, 1.82) is 0 Å². The van der Waals surface area contributed by atoms with E-state index < -0.39 is 0 Å². The van der Waals surface area contributed by atoms with Crippen molar-refractivity contribution in [1.82, 2.24) is 0 Å². The summed E-state index contributed by atoms with van der Waals surface area (Å²) in [6.07, 6.45) is 0. The van der Waals surface area contributed by atoms with Crippen molar-refractivity contribution in [3.05, 3.63) is 46.2 Å². The van der Waals surface area contributed by atoms with E-state index in [0.717, 1.165) is 21.9 Å². The van der Waals surface area contributed by atoms with Gasteiger partial charge in [0, 0.05) is 16.5 Å². The van der Waals surface area contributed by atoms with E-state index in [9.17, 15) is 0 Å². The third-order valence-electron chi connectivity index (χ3n) is 2.63. The fraction of sp³-hybridized carbons (Fsp3) is 0.231. The summed E-state index contributed by atoms with van der Waals surface area (Å²) in [4.78, 5) is 1.12. The topological polar surface area (TPSA) is 44.5 Å². The van der Waals surface area contributed by atoms with Gasteiger partial charge in [-0.05, 0) is 23.6 Å². The van der Waals surface area contributed by atoms with Crippen molar-refractivity contribution in [3.63, 3.8) is 0 Å². The maximum absolute atomic E-state index is 6.22. The molecule has 0 aliphatic rings. The SMILES string of the molecule is COc1ccc([C@H](N)c2cccs2)c(OC)c1. The summed E-state index contributed by atoms with van der Waals surface area (Å²) in [5, 5.41) is 2.02. The number of rotatable bonds is 4. The smallest absolute Gasteiger partial charge is 0.127 e. The zero-order valence-electron chi connectivity index (χ0n) is 9.84. The van der Waals surface area contributed by atoms with Gasteiger partial charge in [-0.2, -0.15) is 0 Å². The summed E-state index contributed by atoms with van der Waals surface area (Å²) in [6, 6.07) is 9.56. The Morgan fingerprint density at radius 1 is 1.18 bits per heavy atom. The summed E-state index contributed by atoms with van der Waals surface area (Å²) >= 11 is 1.64. The number of nitrogens with two attached hydrogens (primary N) is 1. The maximum Gasteiger partial charge on any atom is 0.127 e. The van der Waals surface area contributed by atoms with Gasteiger partial charge in [0.05, 0.1) is 20.3 Å². The van der Waals surface area contributed by atoms with Crippen molar-refractivity contribution >= 4 is 11.3 Å². The van der Waals surface area contributed by atoms with Gasteiger partial charge in [-0.1, -0.05) is 6.07 Å². The van der Waals surface area contributed by atoms with Crippen LogP contribution in [0, 0.1) is 0 Å². The van der Waals surface area contributed by atoms with Crippen LogP contribution in [0.1, 0.15) is 16.5 Å². The van der Waals surface area contributed by atoms with Gasteiger partial charge in [0.15, 0.2) is 0 Å². The molecule has 17 heavy (non-hydrogen) atoms. The molecule has 0 saturated heterocycles. The third-order valence-corrected chi connectivity index (χ3v) is 3.58. The van der Waals surface area contributed by atoms with Crippen molar-refractivity contribution in [2.24, 2.45) is 5.73 Å². The van der Waals surface area contributed by atoms with E-state index in [2.05, 4.69) is 0 Å².